The van der Waals surface area contributed by atoms with Crippen molar-refractivity contribution in [3.05, 3.63) is 5.82 Å². The van der Waals surface area contributed by atoms with Crippen LogP contribution in [0.1, 0.15) is 25.1 Å². The maximum Gasteiger partial charge on any atom is 0.202 e. The first-order chi connectivity index (χ1) is 8.24. The van der Waals surface area contributed by atoms with Gasteiger partial charge in [0.25, 0.3) is 0 Å². The van der Waals surface area contributed by atoms with Gasteiger partial charge >= 0.3 is 0 Å². The average Bonchev–Trinajstić information content (AvgIpc) is 2.74. The van der Waals surface area contributed by atoms with E-state index in [-0.39, 0.29) is 6.10 Å². The number of β-amino-alcohol motifs (C(OH)–C–C–N with tert-alkyl or cyclic N) is 1. The number of rotatable bonds is 5. The van der Waals surface area contributed by atoms with Gasteiger partial charge in [0.15, 0.2) is 0 Å². The second-order valence-corrected chi connectivity index (χ2v) is 5.29. The maximum atomic E-state index is 9.92. The molecule has 0 aromatic carbocycles. The molecule has 1 aliphatic heterocycles. The van der Waals surface area contributed by atoms with Crippen LogP contribution in [0, 0.1) is 6.92 Å². The van der Waals surface area contributed by atoms with Crippen LogP contribution in [0.5, 0.6) is 0 Å². The third kappa shape index (κ3) is 4.22. The minimum atomic E-state index is -0.336. The van der Waals surface area contributed by atoms with Crippen LogP contribution in [-0.4, -0.2) is 51.6 Å². The molecule has 1 aliphatic rings. The minimum Gasteiger partial charge on any atom is -0.390 e. The molecule has 96 valence electrons. The molecule has 1 aromatic rings. The van der Waals surface area contributed by atoms with E-state index in [9.17, 15) is 5.11 Å². The second kappa shape index (κ2) is 6.28. The molecule has 1 saturated heterocycles. The third-order valence-electron chi connectivity index (χ3n) is 2.93. The molecule has 0 aliphatic carbocycles. The first-order valence-corrected chi connectivity index (χ1v) is 6.96. The summed E-state index contributed by atoms with van der Waals surface area (Å²) in [6.45, 7) is 5.41. The Hall–Kier alpha value is -0.720. The molecule has 2 N–H and O–H groups in total. The van der Waals surface area contributed by atoms with Gasteiger partial charge in [-0.15, -0.1) is 0 Å². The monoisotopic (exact) mass is 256 g/mol. The van der Waals surface area contributed by atoms with Crippen LogP contribution in [-0.2, 0) is 0 Å². The summed E-state index contributed by atoms with van der Waals surface area (Å²) in [7, 11) is 0. The fourth-order valence-electron chi connectivity index (χ4n) is 2.08. The first kappa shape index (κ1) is 12.7. The predicted octanol–water partition coefficient (Wildman–Crippen LogP) is 1.11. The summed E-state index contributed by atoms with van der Waals surface area (Å²) >= 11 is 1.34. The largest absolute Gasteiger partial charge is 0.390 e. The molecule has 0 radical (unpaired) electrons. The number of aliphatic hydroxyl groups is 1. The van der Waals surface area contributed by atoms with Gasteiger partial charge in [-0.05, 0) is 32.9 Å². The van der Waals surface area contributed by atoms with Crippen LogP contribution in [0.2, 0.25) is 0 Å². The zero-order valence-electron chi connectivity index (χ0n) is 10.2. The van der Waals surface area contributed by atoms with Gasteiger partial charge in [-0.3, -0.25) is 0 Å². The number of nitrogens with zero attached hydrogens (tertiary/aromatic N) is 3. The maximum absolute atomic E-state index is 9.92. The quantitative estimate of drug-likeness (QED) is 0.826. The van der Waals surface area contributed by atoms with Crippen molar-refractivity contribution in [3.8, 4) is 0 Å². The molecular weight excluding hydrogens is 236 g/mol. The summed E-state index contributed by atoms with van der Waals surface area (Å²) in [5.74, 6) is 0.781. The van der Waals surface area contributed by atoms with E-state index in [1.165, 1.54) is 30.8 Å². The van der Waals surface area contributed by atoms with Crippen molar-refractivity contribution in [2.45, 2.75) is 32.3 Å². The zero-order chi connectivity index (χ0) is 12.1. The molecule has 2 rings (SSSR count). The SMILES string of the molecule is Cc1nsc(NC[C@H](O)CN2CCCCC2)n1. The number of hydrogen-bond acceptors (Lipinski definition) is 6. The molecule has 0 unspecified atom stereocenters. The molecular formula is C11H20N4OS. The Bertz CT molecular complexity index is 338. The Morgan fingerprint density at radius 2 is 2.18 bits per heavy atom. The van der Waals surface area contributed by atoms with Crippen molar-refractivity contribution in [3.63, 3.8) is 0 Å². The number of aromatic nitrogens is 2. The Balaban J connectivity index is 1.68. The molecule has 5 nitrogen and oxygen atoms in total. The Kier molecular flexibility index (Phi) is 4.70. The van der Waals surface area contributed by atoms with Gasteiger partial charge in [0, 0.05) is 24.6 Å². The van der Waals surface area contributed by atoms with Gasteiger partial charge in [0.2, 0.25) is 5.13 Å². The minimum absolute atomic E-state index is 0.336. The van der Waals surface area contributed by atoms with Gasteiger partial charge in [-0.25, -0.2) is 4.98 Å². The van der Waals surface area contributed by atoms with E-state index in [1.54, 1.807) is 0 Å². The molecule has 0 bridgehead atoms. The summed E-state index contributed by atoms with van der Waals surface area (Å²) < 4.78 is 4.09. The topological polar surface area (TPSA) is 61.3 Å². The predicted molar refractivity (Wildman–Crippen MR) is 69.4 cm³/mol. The number of aryl methyl sites for hydroxylation is 1. The van der Waals surface area contributed by atoms with Crippen molar-refractivity contribution in [2.75, 3.05) is 31.5 Å². The summed E-state index contributed by atoms with van der Waals surface area (Å²) in [6.07, 6.45) is 3.51. The highest BCUT2D eigenvalue weighted by molar-refractivity contribution is 7.09. The number of anilines is 1. The molecule has 0 saturated carbocycles. The first-order valence-electron chi connectivity index (χ1n) is 6.18. The highest BCUT2D eigenvalue weighted by Gasteiger charge is 2.14. The lowest BCUT2D eigenvalue weighted by atomic mass is 10.1. The van der Waals surface area contributed by atoms with Crippen molar-refractivity contribution >= 4 is 16.7 Å². The lowest BCUT2D eigenvalue weighted by molar-refractivity contribution is 0.110. The second-order valence-electron chi connectivity index (χ2n) is 4.54. The molecule has 0 amide bonds. The van der Waals surface area contributed by atoms with Crippen molar-refractivity contribution in [1.29, 1.82) is 0 Å². The number of likely N-dealkylation sites (tertiary alicyclic amines) is 1. The molecule has 2 heterocycles. The van der Waals surface area contributed by atoms with Crippen molar-refractivity contribution in [2.24, 2.45) is 0 Å². The molecule has 17 heavy (non-hydrogen) atoms. The molecule has 0 spiro atoms. The molecule has 6 heteroatoms. The number of piperidine rings is 1. The van der Waals surface area contributed by atoms with E-state index < -0.39 is 0 Å². The Labute approximate surface area is 106 Å². The van der Waals surface area contributed by atoms with E-state index >= 15 is 0 Å². The van der Waals surface area contributed by atoms with Gasteiger partial charge < -0.3 is 15.3 Å². The summed E-state index contributed by atoms with van der Waals surface area (Å²) in [4.78, 5) is 6.54. The molecule has 1 fully saturated rings. The standard InChI is InChI=1S/C11H20N4OS/c1-9-13-11(17-14-9)12-7-10(16)8-15-5-3-2-4-6-15/h10,16H,2-8H2,1H3,(H,12,13,14)/t10-/m0/s1. The number of nitrogens with one attached hydrogen (secondary N) is 1. The fourth-order valence-corrected chi connectivity index (χ4v) is 2.66. The van der Waals surface area contributed by atoms with Crippen LogP contribution in [0.25, 0.3) is 0 Å². The third-order valence-corrected chi connectivity index (χ3v) is 3.70. The summed E-state index contributed by atoms with van der Waals surface area (Å²) in [5, 5.41) is 13.8. The van der Waals surface area contributed by atoms with E-state index in [4.69, 9.17) is 0 Å². The van der Waals surface area contributed by atoms with Gasteiger partial charge in [0.1, 0.15) is 5.82 Å². The average molecular weight is 256 g/mol. The molecule has 1 aromatic heterocycles. The normalized spacial score (nSPS) is 19.2. The zero-order valence-corrected chi connectivity index (χ0v) is 11.0. The van der Waals surface area contributed by atoms with Crippen LogP contribution in [0.3, 0.4) is 0 Å². The van der Waals surface area contributed by atoms with Gasteiger partial charge in [-0.2, -0.15) is 4.37 Å². The van der Waals surface area contributed by atoms with E-state index in [2.05, 4.69) is 19.6 Å². The smallest absolute Gasteiger partial charge is 0.202 e. The summed E-state index contributed by atoms with van der Waals surface area (Å²) in [6, 6.07) is 0. The Morgan fingerprint density at radius 1 is 1.41 bits per heavy atom. The highest BCUT2D eigenvalue weighted by atomic mass is 32.1. The summed E-state index contributed by atoms with van der Waals surface area (Å²) in [5.41, 5.74) is 0. The van der Waals surface area contributed by atoms with Crippen LogP contribution >= 0.6 is 11.5 Å². The van der Waals surface area contributed by atoms with Gasteiger partial charge in [-0.1, -0.05) is 6.42 Å². The lowest BCUT2D eigenvalue weighted by Gasteiger charge is -2.28. The Morgan fingerprint density at radius 3 is 2.82 bits per heavy atom. The fraction of sp³-hybridized carbons (Fsp3) is 0.818. The number of hydrogen-bond donors (Lipinski definition) is 2. The lowest BCUT2D eigenvalue weighted by Crippen LogP contribution is -2.39. The molecule has 1 atom stereocenters. The van der Waals surface area contributed by atoms with Crippen LogP contribution < -0.4 is 5.32 Å². The van der Waals surface area contributed by atoms with E-state index in [0.29, 0.717) is 6.54 Å². The van der Waals surface area contributed by atoms with Gasteiger partial charge in [0.05, 0.1) is 6.10 Å². The van der Waals surface area contributed by atoms with E-state index in [0.717, 1.165) is 30.6 Å². The van der Waals surface area contributed by atoms with Crippen molar-refractivity contribution in [1.82, 2.24) is 14.3 Å². The van der Waals surface area contributed by atoms with E-state index in [1.807, 2.05) is 6.92 Å². The van der Waals surface area contributed by atoms with Crippen molar-refractivity contribution < 1.29 is 5.11 Å². The number of aliphatic hydroxyl groups excluding tert-OH is 1. The van der Waals surface area contributed by atoms with Crippen LogP contribution in [0.4, 0.5) is 5.13 Å². The highest BCUT2D eigenvalue weighted by Crippen LogP contribution is 2.11. The van der Waals surface area contributed by atoms with Crippen LogP contribution in [0.15, 0.2) is 0 Å².